The van der Waals surface area contributed by atoms with Gasteiger partial charge in [0.1, 0.15) is 6.54 Å². The van der Waals surface area contributed by atoms with Crippen LogP contribution >= 0.6 is 11.6 Å². The number of unbranched alkanes of at least 4 members (excludes halogenated alkanes) is 1. The van der Waals surface area contributed by atoms with Crippen molar-refractivity contribution in [1.82, 2.24) is 4.90 Å². The second-order valence-electron chi connectivity index (χ2n) is 4.91. The fourth-order valence-electron chi connectivity index (χ4n) is 1.77. The van der Waals surface area contributed by atoms with Gasteiger partial charge in [0.2, 0.25) is 15.9 Å². The molecule has 0 atom stereocenters. The molecule has 21 heavy (non-hydrogen) atoms. The molecule has 0 heterocycles. The minimum Gasteiger partial charge on any atom is -0.344 e. The lowest BCUT2D eigenvalue weighted by atomic mass is 10.3. The number of rotatable bonds is 7. The van der Waals surface area contributed by atoms with Gasteiger partial charge in [-0.15, -0.1) is 0 Å². The maximum Gasteiger partial charge on any atom is 0.243 e. The Morgan fingerprint density at radius 1 is 1.24 bits per heavy atom. The Morgan fingerprint density at radius 3 is 2.29 bits per heavy atom. The Labute approximate surface area is 131 Å². The van der Waals surface area contributed by atoms with Gasteiger partial charge in [0.05, 0.1) is 11.9 Å². The number of likely N-dealkylation sites (N-methyl/N-ethyl adjacent to an activating group) is 1. The van der Waals surface area contributed by atoms with Crippen LogP contribution in [-0.2, 0) is 14.8 Å². The summed E-state index contributed by atoms with van der Waals surface area (Å²) in [5, 5.41) is 0.513. The van der Waals surface area contributed by atoms with E-state index in [1.54, 1.807) is 36.2 Å². The van der Waals surface area contributed by atoms with E-state index in [0.29, 0.717) is 17.3 Å². The predicted octanol–water partition coefficient (Wildman–Crippen LogP) is 2.36. The summed E-state index contributed by atoms with van der Waals surface area (Å²) in [6.07, 6.45) is 2.95. The highest BCUT2D eigenvalue weighted by Gasteiger charge is 2.22. The molecule has 0 bridgehead atoms. The van der Waals surface area contributed by atoms with Gasteiger partial charge in [-0.05, 0) is 30.7 Å². The number of amides is 1. The summed E-state index contributed by atoms with van der Waals surface area (Å²) in [4.78, 5) is 13.7. The Hall–Kier alpha value is -1.27. The molecular weight excluding hydrogens is 312 g/mol. The molecular formula is C14H21ClN2O3S. The first kappa shape index (κ1) is 17.8. The van der Waals surface area contributed by atoms with Crippen molar-refractivity contribution < 1.29 is 13.2 Å². The summed E-state index contributed by atoms with van der Waals surface area (Å²) < 4.78 is 24.9. The van der Waals surface area contributed by atoms with Crippen LogP contribution in [0.2, 0.25) is 5.02 Å². The third-order valence-electron chi connectivity index (χ3n) is 3.07. The van der Waals surface area contributed by atoms with Crippen molar-refractivity contribution in [2.75, 3.05) is 30.7 Å². The second-order valence-corrected chi connectivity index (χ2v) is 7.26. The molecule has 0 saturated heterocycles. The number of carbonyl (C=O) groups excluding carboxylic acids is 1. The van der Waals surface area contributed by atoms with Crippen molar-refractivity contribution in [1.29, 1.82) is 0 Å². The minimum atomic E-state index is -3.54. The van der Waals surface area contributed by atoms with E-state index in [1.165, 1.54) is 0 Å². The molecule has 118 valence electrons. The Bertz CT molecular complexity index is 572. The molecule has 0 radical (unpaired) electrons. The molecule has 1 aromatic carbocycles. The lowest BCUT2D eigenvalue weighted by molar-refractivity contribution is -0.128. The molecule has 0 aromatic heterocycles. The predicted molar refractivity (Wildman–Crippen MR) is 86.2 cm³/mol. The maximum atomic E-state index is 12.1. The molecule has 1 aromatic rings. The SMILES string of the molecule is CCCCN(C)C(=O)CN(c1ccc(Cl)cc1)S(C)(=O)=O. The van der Waals surface area contributed by atoms with Crippen LogP contribution in [0.3, 0.4) is 0 Å². The van der Waals surface area contributed by atoms with Crippen LogP contribution < -0.4 is 4.31 Å². The lowest BCUT2D eigenvalue weighted by Crippen LogP contribution is -2.41. The van der Waals surface area contributed by atoms with Crippen molar-refractivity contribution in [2.45, 2.75) is 19.8 Å². The number of hydrogen-bond acceptors (Lipinski definition) is 3. The summed E-state index contributed by atoms with van der Waals surface area (Å²) in [6.45, 7) is 2.45. The number of benzene rings is 1. The molecule has 0 spiro atoms. The van der Waals surface area contributed by atoms with E-state index in [9.17, 15) is 13.2 Å². The van der Waals surface area contributed by atoms with Gasteiger partial charge in [0.25, 0.3) is 0 Å². The average molecular weight is 333 g/mol. The number of sulfonamides is 1. The van der Waals surface area contributed by atoms with Crippen LogP contribution in [0.4, 0.5) is 5.69 Å². The number of nitrogens with zero attached hydrogens (tertiary/aromatic N) is 2. The van der Waals surface area contributed by atoms with Crippen molar-refractivity contribution >= 4 is 33.2 Å². The summed E-state index contributed by atoms with van der Waals surface area (Å²) in [5.41, 5.74) is 0.430. The van der Waals surface area contributed by atoms with Crippen LogP contribution in [0.1, 0.15) is 19.8 Å². The van der Waals surface area contributed by atoms with Gasteiger partial charge in [-0.25, -0.2) is 8.42 Å². The molecule has 7 heteroatoms. The molecule has 5 nitrogen and oxygen atoms in total. The fraction of sp³-hybridized carbons (Fsp3) is 0.500. The van der Waals surface area contributed by atoms with Gasteiger partial charge in [0.15, 0.2) is 0 Å². The zero-order valence-electron chi connectivity index (χ0n) is 12.5. The number of anilines is 1. The fourth-order valence-corrected chi connectivity index (χ4v) is 2.75. The molecule has 0 aliphatic carbocycles. The topological polar surface area (TPSA) is 57.7 Å². The lowest BCUT2D eigenvalue weighted by Gasteiger charge is -2.25. The van der Waals surface area contributed by atoms with Crippen molar-refractivity contribution in [2.24, 2.45) is 0 Å². The summed E-state index contributed by atoms with van der Waals surface area (Å²) in [5.74, 6) is -0.233. The van der Waals surface area contributed by atoms with E-state index >= 15 is 0 Å². The number of carbonyl (C=O) groups is 1. The Morgan fingerprint density at radius 2 is 1.81 bits per heavy atom. The molecule has 0 aliphatic heterocycles. The van der Waals surface area contributed by atoms with Gasteiger partial charge >= 0.3 is 0 Å². The highest BCUT2D eigenvalue weighted by Crippen LogP contribution is 2.20. The standard InChI is InChI=1S/C14H21ClN2O3S/c1-4-5-10-16(2)14(18)11-17(21(3,19)20)13-8-6-12(15)7-9-13/h6-9H,4-5,10-11H2,1-3H3. The smallest absolute Gasteiger partial charge is 0.243 e. The first-order chi connectivity index (χ1) is 9.75. The monoisotopic (exact) mass is 332 g/mol. The third-order valence-corrected chi connectivity index (χ3v) is 4.46. The molecule has 1 amide bonds. The summed E-state index contributed by atoms with van der Waals surface area (Å²) in [6, 6.07) is 6.37. The van der Waals surface area contributed by atoms with Crippen molar-refractivity contribution in [3.05, 3.63) is 29.3 Å². The second kappa shape index (κ2) is 7.66. The molecule has 0 fully saturated rings. The molecule has 0 N–H and O–H groups in total. The quantitative estimate of drug-likeness (QED) is 0.770. The van der Waals surface area contributed by atoms with Crippen LogP contribution in [0.25, 0.3) is 0 Å². The maximum absolute atomic E-state index is 12.1. The van der Waals surface area contributed by atoms with Crippen LogP contribution in [0, 0.1) is 0 Å². The molecule has 0 aliphatic rings. The van der Waals surface area contributed by atoms with Gasteiger partial charge in [-0.1, -0.05) is 24.9 Å². The Kier molecular flexibility index (Phi) is 6.48. The van der Waals surface area contributed by atoms with Crippen molar-refractivity contribution in [3.63, 3.8) is 0 Å². The number of halogens is 1. The van der Waals surface area contributed by atoms with Crippen LogP contribution in [0.5, 0.6) is 0 Å². The average Bonchev–Trinajstić information content (AvgIpc) is 2.41. The first-order valence-corrected chi connectivity index (χ1v) is 8.95. The van der Waals surface area contributed by atoms with E-state index in [-0.39, 0.29) is 12.5 Å². The largest absolute Gasteiger partial charge is 0.344 e. The van der Waals surface area contributed by atoms with Gasteiger partial charge in [-0.2, -0.15) is 0 Å². The van der Waals surface area contributed by atoms with E-state index in [4.69, 9.17) is 11.6 Å². The first-order valence-electron chi connectivity index (χ1n) is 6.73. The Balaban J connectivity index is 2.90. The zero-order chi connectivity index (χ0) is 16.0. The zero-order valence-corrected chi connectivity index (χ0v) is 14.1. The molecule has 0 saturated carbocycles. The molecule has 0 unspecified atom stereocenters. The van der Waals surface area contributed by atoms with Gasteiger partial charge < -0.3 is 4.90 Å². The molecule has 1 rings (SSSR count). The van der Waals surface area contributed by atoms with Gasteiger partial charge in [-0.3, -0.25) is 9.10 Å². The van der Waals surface area contributed by atoms with Crippen molar-refractivity contribution in [3.8, 4) is 0 Å². The van der Waals surface area contributed by atoms with E-state index < -0.39 is 10.0 Å². The van der Waals surface area contributed by atoms with Crippen LogP contribution in [0.15, 0.2) is 24.3 Å². The summed E-state index contributed by atoms with van der Waals surface area (Å²) in [7, 11) is -1.86. The van der Waals surface area contributed by atoms with Gasteiger partial charge in [0, 0.05) is 18.6 Å². The highest BCUT2D eigenvalue weighted by molar-refractivity contribution is 7.92. The highest BCUT2D eigenvalue weighted by atomic mass is 35.5. The van der Waals surface area contributed by atoms with E-state index in [1.807, 2.05) is 6.92 Å². The summed E-state index contributed by atoms with van der Waals surface area (Å²) >= 11 is 5.80. The van der Waals surface area contributed by atoms with E-state index in [2.05, 4.69) is 0 Å². The van der Waals surface area contributed by atoms with E-state index in [0.717, 1.165) is 23.4 Å². The number of hydrogen-bond donors (Lipinski definition) is 0. The minimum absolute atomic E-state index is 0.208. The normalized spacial score (nSPS) is 11.2. The van der Waals surface area contributed by atoms with Crippen LogP contribution in [-0.4, -0.2) is 45.6 Å². The third kappa shape index (κ3) is 5.55.